The van der Waals surface area contributed by atoms with E-state index in [-0.39, 0.29) is 23.8 Å². The maximum absolute atomic E-state index is 5.55. The zero-order valence-electron chi connectivity index (χ0n) is 15.5. The number of nitrogens with zero attached hydrogens (tertiary/aromatic N) is 2. The molecule has 4 nitrogen and oxygen atoms in total. The van der Waals surface area contributed by atoms with E-state index in [1.807, 2.05) is 48.5 Å². The molecule has 4 aromatic rings. The number of hydrogen-bond donors (Lipinski definition) is 0. The van der Waals surface area contributed by atoms with Crippen LogP contribution in [0, 0.1) is 0 Å². The molecule has 0 radical (unpaired) electrons. The highest BCUT2D eigenvalue weighted by molar-refractivity contribution is 8.93. The molecule has 6 heteroatoms. The Kier molecular flexibility index (Phi) is 5.83. The fraction of sp³-hybridized carbons (Fsp3) is 0.0870. The molecule has 0 fully saturated rings. The summed E-state index contributed by atoms with van der Waals surface area (Å²) in [5.74, 6) is 1.60. The lowest BCUT2D eigenvalue weighted by Crippen LogP contribution is -2.16. The van der Waals surface area contributed by atoms with Crippen molar-refractivity contribution in [2.24, 2.45) is 4.99 Å². The predicted octanol–water partition coefficient (Wildman–Crippen LogP) is 5.80. The Bertz CT molecular complexity index is 1170. The maximum Gasteiger partial charge on any atom is 0.231 e. The normalized spacial score (nSPS) is 12.6. The third-order valence-electron chi connectivity index (χ3n) is 4.63. The summed E-state index contributed by atoms with van der Waals surface area (Å²) in [6, 6.07) is 26.6. The van der Waals surface area contributed by atoms with Gasteiger partial charge in [0.15, 0.2) is 16.3 Å². The van der Waals surface area contributed by atoms with Crippen LogP contribution in [0.5, 0.6) is 11.5 Å². The summed E-state index contributed by atoms with van der Waals surface area (Å²) < 4.78 is 13.2. The van der Waals surface area contributed by atoms with Gasteiger partial charge in [-0.2, -0.15) is 0 Å². The lowest BCUT2D eigenvalue weighted by molar-refractivity contribution is 0.174. The van der Waals surface area contributed by atoms with Gasteiger partial charge in [-0.25, -0.2) is 4.99 Å². The SMILES string of the molecule is Br.c1ccc(N=c2scc(-c3ccccc3)n2Cc2ccc3c(c2)OCO3)cc1. The van der Waals surface area contributed by atoms with Crippen LogP contribution in [-0.2, 0) is 6.54 Å². The molecule has 1 aliphatic heterocycles. The molecule has 1 aliphatic rings. The van der Waals surface area contributed by atoms with Crippen molar-refractivity contribution in [2.45, 2.75) is 6.54 Å². The van der Waals surface area contributed by atoms with E-state index < -0.39 is 0 Å². The largest absolute Gasteiger partial charge is 0.454 e. The average Bonchev–Trinajstić information content (AvgIpc) is 3.36. The van der Waals surface area contributed by atoms with Crippen molar-refractivity contribution in [3.63, 3.8) is 0 Å². The molecule has 29 heavy (non-hydrogen) atoms. The third-order valence-corrected chi connectivity index (χ3v) is 5.49. The van der Waals surface area contributed by atoms with Gasteiger partial charge >= 0.3 is 0 Å². The van der Waals surface area contributed by atoms with Crippen LogP contribution in [0.15, 0.2) is 89.2 Å². The molecule has 3 aromatic carbocycles. The summed E-state index contributed by atoms with van der Waals surface area (Å²) in [5.41, 5.74) is 4.42. The third kappa shape index (κ3) is 4.13. The van der Waals surface area contributed by atoms with E-state index >= 15 is 0 Å². The summed E-state index contributed by atoms with van der Waals surface area (Å²) in [6.45, 7) is 0.990. The number of hydrogen-bond acceptors (Lipinski definition) is 4. The number of benzene rings is 3. The molecule has 5 rings (SSSR count). The minimum atomic E-state index is 0. The number of ether oxygens (including phenoxy) is 2. The zero-order chi connectivity index (χ0) is 18.8. The zero-order valence-corrected chi connectivity index (χ0v) is 18.1. The molecule has 0 saturated carbocycles. The van der Waals surface area contributed by atoms with Crippen LogP contribution in [0.25, 0.3) is 11.3 Å². The highest BCUT2D eigenvalue weighted by Crippen LogP contribution is 2.33. The monoisotopic (exact) mass is 466 g/mol. The second-order valence-corrected chi connectivity index (χ2v) is 7.33. The smallest absolute Gasteiger partial charge is 0.231 e. The van der Waals surface area contributed by atoms with Crippen molar-refractivity contribution < 1.29 is 9.47 Å². The molecule has 0 unspecified atom stereocenters. The molecule has 2 heterocycles. The lowest BCUT2D eigenvalue weighted by Gasteiger charge is -2.10. The summed E-state index contributed by atoms with van der Waals surface area (Å²) in [7, 11) is 0. The molecule has 146 valence electrons. The highest BCUT2D eigenvalue weighted by atomic mass is 79.9. The van der Waals surface area contributed by atoms with E-state index in [4.69, 9.17) is 14.5 Å². The molecule has 1 aromatic heterocycles. The minimum absolute atomic E-state index is 0. The molecular weight excluding hydrogens is 448 g/mol. The van der Waals surface area contributed by atoms with Crippen LogP contribution in [-0.4, -0.2) is 11.4 Å². The number of para-hydroxylation sites is 1. The van der Waals surface area contributed by atoms with Crippen molar-refractivity contribution in [1.82, 2.24) is 4.57 Å². The van der Waals surface area contributed by atoms with Gasteiger partial charge in [0.05, 0.1) is 17.9 Å². The number of aromatic nitrogens is 1. The van der Waals surface area contributed by atoms with E-state index in [9.17, 15) is 0 Å². The first-order chi connectivity index (χ1) is 13.9. The standard InChI is InChI=1S/C23H18N2O2S.BrH/c1-3-7-18(8-4-1)20-15-28-23(24-19-9-5-2-6-10-19)25(20)14-17-11-12-21-22(13-17)27-16-26-21;/h1-13,15H,14,16H2;1H. The van der Waals surface area contributed by atoms with Crippen LogP contribution in [0.1, 0.15) is 5.56 Å². The fourth-order valence-electron chi connectivity index (χ4n) is 3.25. The highest BCUT2D eigenvalue weighted by Gasteiger charge is 2.15. The van der Waals surface area contributed by atoms with Gasteiger partial charge in [0.25, 0.3) is 0 Å². The average molecular weight is 467 g/mol. The van der Waals surface area contributed by atoms with Gasteiger partial charge in [0.2, 0.25) is 6.79 Å². The van der Waals surface area contributed by atoms with Crippen molar-refractivity contribution >= 4 is 34.0 Å². The molecule has 0 N–H and O–H groups in total. The van der Waals surface area contributed by atoms with Gasteiger partial charge in [-0.15, -0.1) is 28.3 Å². The second-order valence-electron chi connectivity index (χ2n) is 6.49. The van der Waals surface area contributed by atoms with Gasteiger partial charge in [0, 0.05) is 5.38 Å². The van der Waals surface area contributed by atoms with Crippen LogP contribution >= 0.6 is 28.3 Å². The van der Waals surface area contributed by atoms with Crippen molar-refractivity contribution in [3.8, 4) is 22.8 Å². The van der Waals surface area contributed by atoms with Crippen molar-refractivity contribution in [2.75, 3.05) is 6.79 Å². The molecular formula is C23H19BrN2O2S. The van der Waals surface area contributed by atoms with E-state index in [2.05, 4.69) is 40.3 Å². The lowest BCUT2D eigenvalue weighted by atomic mass is 10.1. The summed E-state index contributed by atoms with van der Waals surface area (Å²) >= 11 is 1.65. The van der Waals surface area contributed by atoms with Crippen LogP contribution in [0.4, 0.5) is 5.69 Å². The molecule has 0 saturated heterocycles. The second kappa shape index (κ2) is 8.68. The van der Waals surface area contributed by atoms with Crippen LogP contribution in [0.2, 0.25) is 0 Å². The number of rotatable bonds is 4. The van der Waals surface area contributed by atoms with Crippen LogP contribution in [0.3, 0.4) is 0 Å². The Labute approximate surface area is 183 Å². The molecule has 0 spiro atoms. The quantitative estimate of drug-likeness (QED) is 0.380. The van der Waals surface area contributed by atoms with E-state index in [1.54, 1.807) is 11.3 Å². The Morgan fingerprint density at radius 1 is 0.862 bits per heavy atom. The van der Waals surface area contributed by atoms with E-state index in [1.165, 1.54) is 5.56 Å². The van der Waals surface area contributed by atoms with E-state index in [0.717, 1.165) is 33.2 Å². The summed E-state index contributed by atoms with van der Waals surface area (Å²) in [4.78, 5) is 5.84. The van der Waals surface area contributed by atoms with Gasteiger partial charge in [-0.1, -0.05) is 54.6 Å². The Hall–Kier alpha value is -2.83. The summed E-state index contributed by atoms with van der Waals surface area (Å²) in [6.07, 6.45) is 0. The first kappa shape index (κ1) is 19.5. The van der Waals surface area contributed by atoms with Crippen molar-refractivity contribution in [1.29, 1.82) is 0 Å². The number of fused-ring (bicyclic) bond motifs is 1. The molecule has 0 bridgehead atoms. The van der Waals surface area contributed by atoms with E-state index in [0.29, 0.717) is 6.54 Å². The molecule has 0 aliphatic carbocycles. The maximum atomic E-state index is 5.55. The Balaban J connectivity index is 0.00000205. The van der Waals surface area contributed by atoms with Gasteiger partial charge in [-0.05, 0) is 35.4 Å². The number of halogens is 1. The first-order valence-corrected chi connectivity index (χ1v) is 9.97. The van der Waals surface area contributed by atoms with Gasteiger partial charge in [-0.3, -0.25) is 0 Å². The van der Waals surface area contributed by atoms with Crippen LogP contribution < -0.4 is 14.3 Å². The Morgan fingerprint density at radius 2 is 1.59 bits per heavy atom. The predicted molar refractivity (Wildman–Crippen MR) is 121 cm³/mol. The fourth-order valence-corrected chi connectivity index (χ4v) is 4.17. The topological polar surface area (TPSA) is 35.8 Å². The minimum Gasteiger partial charge on any atom is -0.454 e. The molecule has 0 amide bonds. The summed E-state index contributed by atoms with van der Waals surface area (Å²) in [5, 5.41) is 2.17. The van der Waals surface area contributed by atoms with Gasteiger partial charge < -0.3 is 14.0 Å². The number of thiazole rings is 1. The first-order valence-electron chi connectivity index (χ1n) is 9.09. The Morgan fingerprint density at radius 3 is 2.38 bits per heavy atom. The molecule has 0 atom stereocenters. The van der Waals surface area contributed by atoms with Gasteiger partial charge in [0.1, 0.15) is 0 Å². The van der Waals surface area contributed by atoms with Crippen molar-refractivity contribution in [3.05, 3.63) is 94.6 Å².